The molecule has 0 N–H and O–H groups in total. The van der Waals surface area contributed by atoms with E-state index in [1.807, 2.05) is 41.2 Å². The van der Waals surface area contributed by atoms with Crippen LogP contribution < -0.4 is 0 Å². The van der Waals surface area contributed by atoms with E-state index in [2.05, 4.69) is 13.8 Å². The molecular weight excluding hydrogens is 513 g/mol. The van der Waals surface area contributed by atoms with Crippen LogP contribution in [-0.2, 0) is 26.6 Å². The summed E-state index contributed by atoms with van der Waals surface area (Å²) in [6.45, 7) is 4.42. The largest absolute Gasteiger partial charge is 0.500 e. The molecule has 0 aromatic heterocycles. The smallest absolute Gasteiger partial charge is 0.377 e. The van der Waals surface area contributed by atoms with Crippen LogP contribution in [0.5, 0.6) is 0 Å². The second-order valence-corrected chi connectivity index (χ2v) is 21.7. The molecule has 6 nitrogen and oxygen atoms in total. The molecule has 2 unspecified atom stereocenters. The standard InChI is InChI=1S/C14H34O6S6Si2/c1-13(11-27(15-3,16-4)17-5)9-21-23-25-26-24-22-10-14(2)12-28(18-6,19-7)20-8/h13-14H,9-12H2,1-8H3. The van der Waals surface area contributed by atoms with Crippen LogP contribution in [0.4, 0.5) is 0 Å². The van der Waals surface area contributed by atoms with Gasteiger partial charge in [0.2, 0.25) is 0 Å². The third-order valence-corrected chi connectivity index (χ3v) is 21.5. The predicted octanol–water partition coefficient (Wildman–Crippen LogP) is 5.99. The molecule has 0 saturated carbocycles. The van der Waals surface area contributed by atoms with Crippen molar-refractivity contribution in [3.05, 3.63) is 0 Å². The van der Waals surface area contributed by atoms with E-state index in [-0.39, 0.29) is 0 Å². The lowest BCUT2D eigenvalue weighted by Gasteiger charge is -2.26. The van der Waals surface area contributed by atoms with Crippen molar-refractivity contribution in [3.8, 4) is 0 Å². The summed E-state index contributed by atoms with van der Waals surface area (Å²) in [7, 11) is 16.0. The summed E-state index contributed by atoms with van der Waals surface area (Å²) in [5.74, 6) is 3.03. The van der Waals surface area contributed by atoms with E-state index in [0.29, 0.717) is 11.8 Å². The van der Waals surface area contributed by atoms with Crippen LogP contribution in [0.3, 0.4) is 0 Å². The molecule has 0 bridgehead atoms. The van der Waals surface area contributed by atoms with Gasteiger partial charge in [0.25, 0.3) is 0 Å². The Morgan fingerprint density at radius 2 is 0.821 bits per heavy atom. The first-order valence-corrected chi connectivity index (χ1v) is 20.3. The first kappa shape index (κ1) is 30.3. The third kappa shape index (κ3) is 12.4. The minimum Gasteiger partial charge on any atom is -0.377 e. The third-order valence-electron chi connectivity index (χ3n) is 3.95. The van der Waals surface area contributed by atoms with Gasteiger partial charge in [0.1, 0.15) is 0 Å². The summed E-state index contributed by atoms with van der Waals surface area (Å²) in [5, 5.41) is 0. The molecule has 0 fully saturated rings. The Labute approximate surface area is 195 Å². The molecule has 28 heavy (non-hydrogen) atoms. The highest BCUT2D eigenvalue weighted by Crippen LogP contribution is 2.53. The van der Waals surface area contributed by atoms with E-state index in [4.69, 9.17) is 26.6 Å². The molecule has 0 heterocycles. The van der Waals surface area contributed by atoms with Crippen molar-refractivity contribution in [3.63, 3.8) is 0 Å². The van der Waals surface area contributed by atoms with Gasteiger partial charge in [-0.15, -0.1) is 0 Å². The van der Waals surface area contributed by atoms with Gasteiger partial charge >= 0.3 is 17.6 Å². The Balaban J connectivity index is 3.79. The minimum atomic E-state index is -2.47. The molecule has 0 radical (unpaired) electrons. The lowest BCUT2D eigenvalue weighted by Crippen LogP contribution is -2.44. The van der Waals surface area contributed by atoms with Crippen molar-refractivity contribution in [1.29, 1.82) is 0 Å². The van der Waals surface area contributed by atoms with Crippen molar-refractivity contribution in [1.82, 2.24) is 0 Å². The molecule has 0 amide bonds. The molecular formula is C14H34O6S6Si2. The summed E-state index contributed by atoms with van der Waals surface area (Å²) in [4.78, 5) is 0. The topological polar surface area (TPSA) is 55.4 Å². The Morgan fingerprint density at radius 3 is 1.07 bits per heavy atom. The molecule has 0 aromatic rings. The highest BCUT2D eigenvalue weighted by atomic mass is 33.9. The molecule has 0 spiro atoms. The zero-order valence-electron chi connectivity index (χ0n) is 17.9. The SMILES string of the molecule is CO[Si](CC(C)CSSSSSSCC(C)C[Si](OC)(OC)OC)(OC)OC. The van der Waals surface area contributed by atoms with Gasteiger partial charge in [-0.2, -0.15) is 0 Å². The van der Waals surface area contributed by atoms with Gasteiger partial charge in [-0.1, -0.05) is 35.4 Å². The van der Waals surface area contributed by atoms with Gasteiger partial charge in [-0.25, -0.2) is 0 Å². The fraction of sp³-hybridized carbons (Fsp3) is 1.00. The van der Waals surface area contributed by atoms with E-state index < -0.39 is 17.6 Å². The zero-order chi connectivity index (χ0) is 21.5. The first-order valence-electron chi connectivity index (χ1n) is 8.58. The van der Waals surface area contributed by atoms with Crippen molar-refractivity contribution < 1.29 is 26.6 Å². The van der Waals surface area contributed by atoms with E-state index in [1.54, 1.807) is 62.3 Å². The van der Waals surface area contributed by atoms with E-state index in [0.717, 1.165) is 23.6 Å². The minimum absolute atomic E-state index is 0.476. The van der Waals surface area contributed by atoms with Gasteiger partial charge in [-0.05, 0) is 51.1 Å². The quantitative estimate of drug-likeness (QED) is 0.109. The van der Waals surface area contributed by atoms with E-state index in [1.165, 1.54) is 0 Å². The van der Waals surface area contributed by atoms with Gasteiger partial charge < -0.3 is 26.6 Å². The number of rotatable bonds is 19. The van der Waals surface area contributed by atoms with Crippen LogP contribution in [0.25, 0.3) is 0 Å². The van der Waals surface area contributed by atoms with Gasteiger partial charge in [-0.3, -0.25) is 0 Å². The Bertz CT molecular complexity index is 332. The van der Waals surface area contributed by atoms with Crippen LogP contribution in [0.1, 0.15) is 13.8 Å². The highest BCUT2D eigenvalue weighted by molar-refractivity contribution is 9.41. The lowest BCUT2D eigenvalue weighted by molar-refractivity contribution is 0.119. The maximum atomic E-state index is 5.49. The van der Waals surface area contributed by atoms with Crippen LogP contribution in [0, 0.1) is 11.8 Å². The molecule has 0 saturated heterocycles. The molecule has 0 aliphatic heterocycles. The van der Waals surface area contributed by atoms with Crippen molar-refractivity contribution >= 4 is 78.5 Å². The van der Waals surface area contributed by atoms with Gasteiger partial charge in [0, 0.05) is 66.3 Å². The lowest BCUT2D eigenvalue weighted by atomic mass is 10.3. The monoisotopic (exact) mass is 546 g/mol. The zero-order valence-corrected chi connectivity index (χ0v) is 24.8. The van der Waals surface area contributed by atoms with Crippen molar-refractivity contribution in [2.24, 2.45) is 11.8 Å². The summed E-state index contributed by atoms with van der Waals surface area (Å²) in [5.41, 5.74) is 0. The second kappa shape index (κ2) is 17.8. The molecule has 14 heteroatoms. The second-order valence-electron chi connectivity index (χ2n) is 6.05. The molecule has 0 aliphatic rings. The molecule has 0 rings (SSSR count). The summed E-state index contributed by atoms with van der Waals surface area (Å²) >= 11 is 0. The van der Waals surface area contributed by atoms with E-state index in [9.17, 15) is 0 Å². The molecule has 0 aromatic carbocycles. The molecule has 2 atom stereocenters. The molecule has 0 aliphatic carbocycles. The number of hydrogen-bond donors (Lipinski definition) is 0. The average molecular weight is 547 g/mol. The normalized spacial score (nSPS) is 15.0. The fourth-order valence-electron chi connectivity index (χ4n) is 2.32. The van der Waals surface area contributed by atoms with Gasteiger partial charge in [0.15, 0.2) is 0 Å². The van der Waals surface area contributed by atoms with Crippen LogP contribution in [0.2, 0.25) is 12.1 Å². The van der Waals surface area contributed by atoms with Crippen LogP contribution >= 0.6 is 60.9 Å². The number of hydrogen-bond acceptors (Lipinski definition) is 12. The summed E-state index contributed by atoms with van der Waals surface area (Å²) in [6.07, 6.45) is 0. The predicted molar refractivity (Wildman–Crippen MR) is 137 cm³/mol. The Hall–Kier alpha value is 2.29. The van der Waals surface area contributed by atoms with Crippen molar-refractivity contribution in [2.45, 2.75) is 25.9 Å². The highest BCUT2D eigenvalue weighted by Gasteiger charge is 2.40. The van der Waals surface area contributed by atoms with Crippen LogP contribution in [0.15, 0.2) is 0 Å². The van der Waals surface area contributed by atoms with Crippen molar-refractivity contribution in [2.75, 3.05) is 54.2 Å². The van der Waals surface area contributed by atoms with E-state index >= 15 is 0 Å². The maximum Gasteiger partial charge on any atom is 0.500 e. The summed E-state index contributed by atoms with van der Waals surface area (Å²) < 4.78 is 32.9. The first-order chi connectivity index (χ1) is 13.4. The van der Waals surface area contributed by atoms with Gasteiger partial charge in [0.05, 0.1) is 0 Å². The Morgan fingerprint density at radius 1 is 0.536 bits per heavy atom. The summed E-state index contributed by atoms with van der Waals surface area (Å²) in [6, 6.07) is 1.67. The van der Waals surface area contributed by atoms with Crippen LogP contribution in [-0.4, -0.2) is 71.8 Å². The molecule has 170 valence electrons. The fourth-order valence-corrected chi connectivity index (χ4v) is 18.9. The Kier molecular flexibility index (Phi) is 19.3. The maximum absolute atomic E-state index is 5.49. The average Bonchev–Trinajstić information content (AvgIpc) is 2.72.